The van der Waals surface area contributed by atoms with Crippen molar-refractivity contribution < 1.29 is 17.9 Å². The molecule has 120 valence electrons. The molecule has 1 rings (SSSR count). The van der Waals surface area contributed by atoms with Crippen molar-refractivity contribution in [2.45, 2.75) is 24.7 Å². The third kappa shape index (κ3) is 6.93. The van der Waals surface area contributed by atoms with Crippen molar-refractivity contribution in [1.29, 1.82) is 0 Å². The minimum atomic E-state index is -3.12. The summed E-state index contributed by atoms with van der Waals surface area (Å²) in [5.74, 6) is 0.193. The van der Waals surface area contributed by atoms with Gasteiger partial charge in [0.25, 0.3) is 0 Å². The maximum Gasteiger partial charge on any atom is 0.178 e. The molecule has 21 heavy (non-hydrogen) atoms. The molecule has 0 saturated heterocycles. The lowest BCUT2D eigenvalue weighted by atomic mass is 10.3. The van der Waals surface area contributed by atoms with Crippen LogP contribution in [0.3, 0.4) is 0 Å². The van der Waals surface area contributed by atoms with Gasteiger partial charge in [-0.3, -0.25) is 0 Å². The van der Waals surface area contributed by atoms with Crippen molar-refractivity contribution in [3.05, 3.63) is 24.3 Å². The quantitative estimate of drug-likeness (QED) is 0.635. The highest BCUT2D eigenvalue weighted by atomic mass is 32.2. The van der Waals surface area contributed by atoms with E-state index >= 15 is 0 Å². The molecule has 0 spiro atoms. The molecule has 0 unspecified atom stereocenters. The van der Waals surface area contributed by atoms with Crippen LogP contribution < -0.4 is 5.32 Å². The molecule has 0 heterocycles. The van der Waals surface area contributed by atoms with Crippen LogP contribution in [0.2, 0.25) is 0 Å². The number of sulfone groups is 1. The highest BCUT2D eigenvalue weighted by Crippen LogP contribution is 2.16. The number of nitrogens with one attached hydrogen (secondary N) is 1. The Labute approximate surface area is 127 Å². The predicted octanol–water partition coefficient (Wildman–Crippen LogP) is 2.34. The van der Waals surface area contributed by atoms with E-state index in [-0.39, 0.29) is 5.75 Å². The Bertz CT molecular complexity index is 485. The van der Waals surface area contributed by atoms with Crippen LogP contribution in [0.25, 0.3) is 0 Å². The molecule has 6 heteroatoms. The number of rotatable bonds is 11. The van der Waals surface area contributed by atoms with E-state index in [1.54, 1.807) is 31.4 Å². The summed E-state index contributed by atoms with van der Waals surface area (Å²) in [4.78, 5) is 0.387. The van der Waals surface area contributed by atoms with Gasteiger partial charge in [-0.25, -0.2) is 8.42 Å². The van der Waals surface area contributed by atoms with Crippen LogP contribution in [0.5, 0.6) is 0 Å². The van der Waals surface area contributed by atoms with E-state index in [2.05, 4.69) is 5.32 Å². The fourth-order valence-electron chi connectivity index (χ4n) is 1.82. The Morgan fingerprint density at radius 2 is 1.81 bits per heavy atom. The molecular formula is C15H25NO4S. The van der Waals surface area contributed by atoms with Gasteiger partial charge in [-0.2, -0.15) is 0 Å². The van der Waals surface area contributed by atoms with Gasteiger partial charge >= 0.3 is 0 Å². The summed E-state index contributed by atoms with van der Waals surface area (Å²) in [5.41, 5.74) is 0.919. The zero-order valence-electron chi connectivity index (χ0n) is 12.8. The van der Waals surface area contributed by atoms with E-state index in [4.69, 9.17) is 9.47 Å². The van der Waals surface area contributed by atoms with Crippen molar-refractivity contribution in [2.24, 2.45) is 0 Å². The lowest BCUT2D eigenvalue weighted by molar-refractivity contribution is 0.0705. The molecule has 0 aliphatic rings. The average molecular weight is 315 g/mol. The van der Waals surface area contributed by atoms with E-state index in [1.165, 1.54) is 0 Å². The standard InChI is InChI=1S/C15H25NO4S/c1-3-13-21(17,18)15-7-5-14(6-8-15)16-9-4-10-20-12-11-19-2/h5-8,16H,3-4,9-13H2,1-2H3. The SMILES string of the molecule is CCCS(=O)(=O)c1ccc(NCCCOCCOC)cc1. The van der Waals surface area contributed by atoms with Crippen molar-refractivity contribution in [2.75, 3.05) is 44.5 Å². The summed E-state index contributed by atoms with van der Waals surface area (Å²) in [6.07, 6.45) is 1.52. The summed E-state index contributed by atoms with van der Waals surface area (Å²) in [6.45, 7) is 4.55. The van der Waals surface area contributed by atoms with Gasteiger partial charge in [0.15, 0.2) is 9.84 Å². The number of methoxy groups -OCH3 is 1. The third-order valence-corrected chi connectivity index (χ3v) is 4.85. The van der Waals surface area contributed by atoms with Gasteiger partial charge in [-0.1, -0.05) is 6.92 Å². The van der Waals surface area contributed by atoms with E-state index in [0.717, 1.165) is 18.7 Å². The van der Waals surface area contributed by atoms with Crippen LogP contribution in [0.4, 0.5) is 5.69 Å². The second kappa shape index (κ2) is 9.76. The molecule has 1 aromatic carbocycles. The van der Waals surface area contributed by atoms with Gasteiger partial charge in [0.05, 0.1) is 23.9 Å². The fraction of sp³-hybridized carbons (Fsp3) is 0.600. The van der Waals surface area contributed by atoms with Crippen molar-refractivity contribution >= 4 is 15.5 Å². The van der Waals surface area contributed by atoms with E-state index < -0.39 is 9.84 Å². The fourth-order valence-corrected chi connectivity index (χ4v) is 3.14. The van der Waals surface area contributed by atoms with E-state index in [1.807, 2.05) is 6.92 Å². The summed E-state index contributed by atoms with van der Waals surface area (Å²) >= 11 is 0. The molecule has 1 N–H and O–H groups in total. The normalized spacial score (nSPS) is 11.5. The van der Waals surface area contributed by atoms with Gasteiger partial charge in [0, 0.05) is 25.9 Å². The maximum absolute atomic E-state index is 11.9. The molecule has 0 atom stereocenters. The number of benzene rings is 1. The molecule has 0 aliphatic carbocycles. The van der Waals surface area contributed by atoms with E-state index in [0.29, 0.717) is 31.1 Å². The Morgan fingerprint density at radius 1 is 1.10 bits per heavy atom. The molecule has 0 aromatic heterocycles. The van der Waals surface area contributed by atoms with Gasteiger partial charge < -0.3 is 14.8 Å². The molecular weight excluding hydrogens is 290 g/mol. The van der Waals surface area contributed by atoms with Crippen LogP contribution in [0.15, 0.2) is 29.2 Å². The molecule has 0 fully saturated rings. The number of hydrogen-bond donors (Lipinski definition) is 1. The van der Waals surface area contributed by atoms with Crippen LogP contribution >= 0.6 is 0 Å². The van der Waals surface area contributed by atoms with Gasteiger partial charge in [-0.05, 0) is 37.1 Å². The summed E-state index contributed by atoms with van der Waals surface area (Å²) in [7, 11) is -1.48. The van der Waals surface area contributed by atoms with Crippen LogP contribution in [-0.2, 0) is 19.3 Å². The summed E-state index contributed by atoms with van der Waals surface area (Å²) in [5, 5.41) is 3.24. The van der Waals surface area contributed by atoms with Crippen molar-refractivity contribution in [1.82, 2.24) is 0 Å². The molecule has 5 nitrogen and oxygen atoms in total. The molecule has 0 saturated carbocycles. The minimum Gasteiger partial charge on any atom is -0.385 e. The van der Waals surface area contributed by atoms with E-state index in [9.17, 15) is 8.42 Å². The number of hydrogen-bond acceptors (Lipinski definition) is 5. The van der Waals surface area contributed by atoms with Crippen molar-refractivity contribution in [3.8, 4) is 0 Å². The van der Waals surface area contributed by atoms with Crippen molar-refractivity contribution in [3.63, 3.8) is 0 Å². The first kappa shape index (κ1) is 17.9. The number of anilines is 1. The monoisotopic (exact) mass is 315 g/mol. The average Bonchev–Trinajstić information content (AvgIpc) is 2.47. The van der Waals surface area contributed by atoms with Gasteiger partial charge in [0.2, 0.25) is 0 Å². The zero-order chi connectivity index (χ0) is 15.6. The predicted molar refractivity (Wildman–Crippen MR) is 84.6 cm³/mol. The first-order chi connectivity index (χ1) is 10.1. The summed E-state index contributed by atoms with van der Waals surface area (Å²) in [6, 6.07) is 6.91. The molecule has 1 aromatic rings. The summed E-state index contributed by atoms with van der Waals surface area (Å²) < 4.78 is 34.0. The highest BCUT2D eigenvalue weighted by molar-refractivity contribution is 7.91. The molecule has 0 bridgehead atoms. The van der Waals surface area contributed by atoms with Gasteiger partial charge in [0.1, 0.15) is 0 Å². The maximum atomic E-state index is 11.9. The Kier molecular flexibility index (Phi) is 8.34. The first-order valence-electron chi connectivity index (χ1n) is 7.23. The second-order valence-electron chi connectivity index (χ2n) is 4.73. The topological polar surface area (TPSA) is 64.6 Å². The van der Waals surface area contributed by atoms with Crippen LogP contribution in [0, 0.1) is 0 Å². The molecule has 0 amide bonds. The van der Waals surface area contributed by atoms with Gasteiger partial charge in [-0.15, -0.1) is 0 Å². The molecule has 0 aliphatic heterocycles. The second-order valence-corrected chi connectivity index (χ2v) is 6.84. The van der Waals surface area contributed by atoms with Crippen LogP contribution in [0.1, 0.15) is 19.8 Å². The zero-order valence-corrected chi connectivity index (χ0v) is 13.6. The Balaban J connectivity index is 2.32. The smallest absolute Gasteiger partial charge is 0.178 e. The third-order valence-electron chi connectivity index (χ3n) is 2.91. The minimum absolute atomic E-state index is 0.193. The lowest BCUT2D eigenvalue weighted by Crippen LogP contribution is -2.09. The molecule has 0 radical (unpaired) electrons. The number of ether oxygens (including phenoxy) is 2. The Morgan fingerprint density at radius 3 is 2.43 bits per heavy atom. The first-order valence-corrected chi connectivity index (χ1v) is 8.88. The largest absolute Gasteiger partial charge is 0.385 e. The lowest BCUT2D eigenvalue weighted by Gasteiger charge is -2.08. The Hall–Kier alpha value is -1.11. The van der Waals surface area contributed by atoms with Crippen LogP contribution in [-0.4, -0.2) is 47.6 Å². The highest BCUT2D eigenvalue weighted by Gasteiger charge is 2.12.